The Morgan fingerprint density at radius 3 is 3.08 bits per heavy atom. The molecule has 1 aliphatic rings. The van der Waals surface area contributed by atoms with Gasteiger partial charge in [-0.15, -0.1) is 0 Å². The van der Waals surface area contributed by atoms with Gasteiger partial charge in [0, 0.05) is 5.92 Å². The van der Waals surface area contributed by atoms with E-state index in [2.05, 4.69) is 21.1 Å². The summed E-state index contributed by atoms with van der Waals surface area (Å²) >= 11 is 3.12. The average Bonchev–Trinajstić information content (AvgIpc) is 2.83. The fraction of sp³-hybridized carbons (Fsp3) is 0.500. The van der Waals surface area contributed by atoms with Gasteiger partial charge in [-0.2, -0.15) is 0 Å². The zero-order chi connectivity index (χ0) is 8.55. The van der Waals surface area contributed by atoms with Gasteiger partial charge in [0.25, 0.3) is 0 Å². The van der Waals surface area contributed by atoms with E-state index in [9.17, 15) is 4.79 Å². The molecule has 4 heteroatoms. The second kappa shape index (κ2) is 3.01. The molecule has 1 aromatic heterocycles. The number of aromatic nitrogens is 1. The van der Waals surface area contributed by atoms with E-state index in [1.807, 2.05) is 0 Å². The third-order valence-electron chi connectivity index (χ3n) is 1.98. The standard InChI is InChI=1S/C8H8BrNO2/c9-3-7(11)6-4-12-10-8(6)5-1-2-5/h4-5H,1-3H2. The molecule has 1 aliphatic carbocycles. The molecule has 3 nitrogen and oxygen atoms in total. The minimum Gasteiger partial charge on any atom is -0.364 e. The van der Waals surface area contributed by atoms with E-state index in [0.29, 0.717) is 16.8 Å². The van der Waals surface area contributed by atoms with Crippen molar-refractivity contribution >= 4 is 21.7 Å². The first-order valence-electron chi connectivity index (χ1n) is 3.86. The molecule has 0 aliphatic heterocycles. The van der Waals surface area contributed by atoms with Crippen molar-refractivity contribution in [1.82, 2.24) is 5.16 Å². The molecule has 0 spiro atoms. The van der Waals surface area contributed by atoms with Crippen LogP contribution < -0.4 is 0 Å². The minimum atomic E-state index is 0.0538. The van der Waals surface area contributed by atoms with Crippen LogP contribution in [0, 0.1) is 0 Å². The first-order valence-corrected chi connectivity index (χ1v) is 4.98. The molecule has 0 radical (unpaired) electrons. The summed E-state index contributed by atoms with van der Waals surface area (Å²) in [5, 5.41) is 4.17. The molecule has 0 bridgehead atoms. The highest BCUT2D eigenvalue weighted by Gasteiger charge is 2.31. The summed E-state index contributed by atoms with van der Waals surface area (Å²) < 4.78 is 4.78. The van der Waals surface area contributed by atoms with Crippen molar-refractivity contribution in [3.8, 4) is 0 Å². The Hall–Kier alpha value is -0.640. The maximum atomic E-state index is 11.3. The molecule has 1 aromatic rings. The lowest BCUT2D eigenvalue weighted by Gasteiger charge is -1.92. The number of hydrogen-bond acceptors (Lipinski definition) is 3. The summed E-state index contributed by atoms with van der Waals surface area (Å²) in [5.41, 5.74) is 1.49. The molecule has 0 unspecified atom stereocenters. The van der Waals surface area contributed by atoms with Crippen LogP contribution in [0.4, 0.5) is 0 Å². The van der Waals surface area contributed by atoms with E-state index < -0.39 is 0 Å². The highest BCUT2D eigenvalue weighted by Crippen LogP contribution is 2.40. The van der Waals surface area contributed by atoms with E-state index in [4.69, 9.17) is 4.52 Å². The number of ketones is 1. The predicted molar refractivity (Wildman–Crippen MR) is 46.6 cm³/mol. The molecule has 0 saturated heterocycles. The Labute approximate surface area is 78.2 Å². The summed E-state index contributed by atoms with van der Waals surface area (Å²) in [5.74, 6) is 0.528. The van der Waals surface area contributed by atoms with Crippen LogP contribution in [0.15, 0.2) is 10.8 Å². The monoisotopic (exact) mass is 229 g/mol. The molecule has 1 saturated carbocycles. The van der Waals surface area contributed by atoms with Gasteiger partial charge in [-0.25, -0.2) is 0 Å². The predicted octanol–water partition coefficient (Wildman–Crippen LogP) is 2.13. The van der Waals surface area contributed by atoms with Crippen LogP contribution in [0.1, 0.15) is 34.8 Å². The first kappa shape index (κ1) is 7.98. The summed E-state index contributed by atoms with van der Waals surface area (Å²) in [6.45, 7) is 0. The smallest absolute Gasteiger partial charge is 0.178 e. The molecule has 64 valence electrons. The molecule has 0 N–H and O–H groups in total. The average molecular weight is 230 g/mol. The van der Waals surface area contributed by atoms with Gasteiger partial charge in [-0.3, -0.25) is 4.79 Å². The lowest BCUT2D eigenvalue weighted by molar-refractivity contribution is 0.102. The Morgan fingerprint density at radius 1 is 1.75 bits per heavy atom. The number of Topliss-reactive ketones (excluding diaryl/α,β-unsaturated/α-hetero) is 1. The van der Waals surface area contributed by atoms with E-state index in [1.165, 1.54) is 6.26 Å². The minimum absolute atomic E-state index is 0.0538. The van der Waals surface area contributed by atoms with Crippen LogP contribution in [0.2, 0.25) is 0 Å². The van der Waals surface area contributed by atoms with Crippen LogP contribution in [-0.2, 0) is 0 Å². The Morgan fingerprint density at radius 2 is 2.50 bits per heavy atom. The van der Waals surface area contributed by atoms with Crippen molar-refractivity contribution < 1.29 is 9.32 Å². The van der Waals surface area contributed by atoms with Crippen molar-refractivity contribution in [2.24, 2.45) is 0 Å². The highest BCUT2D eigenvalue weighted by molar-refractivity contribution is 9.09. The third-order valence-corrected chi connectivity index (χ3v) is 2.49. The number of rotatable bonds is 3. The second-order valence-electron chi connectivity index (χ2n) is 2.94. The maximum absolute atomic E-state index is 11.3. The molecule has 12 heavy (non-hydrogen) atoms. The van der Waals surface area contributed by atoms with Crippen molar-refractivity contribution in [1.29, 1.82) is 0 Å². The van der Waals surface area contributed by atoms with Gasteiger partial charge >= 0.3 is 0 Å². The molecular weight excluding hydrogens is 222 g/mol. The van der Waals surface area contributed by atoms with Crippen molar-refractivity contribution in [3.63, 3.8) is 0 Å². The Kier molecular flexibility index (Phi) is 2.00. The topological polar surface area (TPSA) is 43.1 Å². The number of carbonyl (C=O) groups excluding carboxylic acids is 1. The van der Waals surface area contributed by atoms with Gasteiger partial charge in [-0.1, -0.05) is 21.1 Å². The van der Waals surface area contributed by atoms with E-state index in [0.717, 1.165) is 18.5 Å². The quantitative estimate of drug-likeness (QED) is 0.590. The SMILES string of the molecule is O=C(CBr)c1conc1C1CC1. The second-order valence-corrected chi connectivity index (χ2v) is 3.51. The normalized spacial score (nSPS) is 16.4. The van der Waals surface area contributed by atoms with Gasteiger partial charge in [-0.05, 0) is 12.8 Å². The maximum Gasteiger partial charge on any atom is 0.178 e. The van der Waals surface area contributed by atoms with Gasteiger partial charge < -0.3 is 4.52 Å². The van der Waals surface area contributed by atoms with E-state index in [1.54, 1.807) is 0 Å². The lowest BCUT2D eigenvalue weighted by Crippen LogP contribution is -2.01. The van der Waals surface area contributed by atoms with Crippen molar-refractivity contribution in [3.05, 3.63) is 17.5 Å². The Balaban J connectivity index is 2.29. The number of alkyl halides is 1. The van der Waals surface area contributed by atoms with Gasteiger partial charge in [0.05, 0.1) is 16.6 Å². The van der Waals surface area contributed by atoms with E-state index >= 15 is 0 Å². The van der Waals surface area contributed by atoms with Gasteiger partial charge in [0.15, 0.2) is 5.78 Å². The zero-order valence-corrected chi connectivity index (χ0v) is 8.00. The fourth-order valence-corrected chi connectivity index (χ4v) is 1.48. The van der Waals surface area contributed by atoms with Crippen LogP contribution >= 0.6 is 15.9 Å². The van der Waals surface area contributed by atoms with Crippen LogP contribution in [-0.4, -0.2) is 16.3 Å². The molecule has 0 amide bonds. The van der Waals surface area contributed by atoms with Gasteiger partial charge in [0.1, 0.15) is 6.26 Å². The van der Waals surface area contributed by atoms with Crippen LogP contribution in [0.5, 0.6) is 0 Å². The molecule has 0 atom stereocenters. The van der Waals surface area contributed by atoms with Crippen LogP contribution in [0.3, 0.4) is 0 Å². The summed E-state index contributed by atoms with van der Waals surface area (Å²) in [6, 6.07) is 0. The van der Waals surface area contributed by atoms with E-state index in [-0.39, 0.29) is 5.78 Å². The molecule has 0 aromatic carbocycles. The third kappa shape index (κ3) is 1.31. The summed E-state index contributed by atoms with van der Waals surface area (Å²) in [7, 11) is 0. The molecular formula is C8H8BrNO2. The summed E-state index contributed by atoms with van der Waals surface area (Å²) in [4.78, 5) is 11.3. The molecule has 1 heterocycles. The highest BCUT2D eigenvalue weighted by atomic mass is 79.9. The van der Waals surface area contributed by atoms with Crippen LogP contribution in [0.25, 0.3) is 0 Å². The zero-order valence-electron chi connectivity index (χ0n) is 6.42. The first-order chi connectivity index (χ1) is 5.83. The van der Waals surface area contributed by atoms with Crippen molar-refractivity contribution in [2.45, 2.75) is 18.8 Å². The number of hydrogen-bond donors (Lipinski definition) is 0. The number of halogens is 1. The molecule has 1 fully saturated rings. The number of nitrogens with zero attached hydrogens (tertiary/aromatic N) is 1. The summed E-state index contributed by atoms with van der Waals surface area (Å²) in [6.07, 6.45) is 3.71. The fourth-order valence-electron chi connectivity index (χ4n) is 1.18. The largest absolute Gasteiger partial charge is 0.364 e. The Bertz CT molecular complexity index is 304. The lowest BCUT2D eigenvalue weighted by atomic mass is 10.1. The molecule has 2 rings (SSSR count). The number of carbonyl (C=O) groups is 1. The van der Waals surface area contributed by atoms with Gasteiger partial charge in [0.2, 0.25) is 0 Å². The van der Waals surface area contributed by atoms with Crippen molar-refractivity contribution in [2.75, 3.05) is 5.33 Å².